The maximum Gasteiger partial charge on any atom is 0.0406 e. The van der Waals surface area contributed by atoms with E-state index in [1.807, 2.05) is 24.3 Å². The van der Waals surface area contributed by atoms with Crippen molar-refractivity contribution in [2.75, 3.05) is 0 Å². The second-order valence-corrected chi connectivity index (χ2v) is 9.52. The summed E-state index contributed by atoms with van der Waals surface area (Å²) in [5.41, 5.74) is 1.03. The molecule has 0 amide bonds. The van der Waals surface area contributed by atoms with Crippen LogP contribution in [0.25, 0.3) is 0 Å². The third-order valence-electron chi connectivity index (χ3n) is 7.10. The first-order chi connectivity index (χ1) is 13.7. The van der Waals surface area contributed by atoms with Crippen molar-refractivity contribution in [2.24, 2.45) is 23.7 Å². The van der Waals surface area contributed by atoms with Gasteiger partial charge in [0.05, 0.1) is 0 Å². The largest absolute Gasteiger partial charge is 0.0843 e. The van der Waals surface area contributed by atoms with Gasteiger partial charge in [0.2, 0.25) is 0 Å². The van der Waals surface area contributed by atoms with Gasteiger partial charge in [0.25, 0.3) is 0 Å². The lowest BCUT2D eigenvalue weighted by atomic mass is 9.68. The van der Waals surface area contributed by atoms with Crippen LogP contribution < -0.4 is 0 Å². The Labute approximate surface area is 178 Å². The van der Waals surface area contributed by atoms with E-state index in [4.69, 9.17) is 11.6 Å². The van der Waals surface area contributed by atoms with E-state index in [0.29, 0.717) is 0 Å². The van der Waals surface area contributed by atoms with Crippen molar-refractivity contribution in [3.63, 3.8) is 0 Å². The van der Waals surface area contributed by atoms with Crippen LogP contribution in [0.4, 0.5) is 0 Å². The summed E-state index contributed by atoms with van der Waals surface area (Å²) < 4.78 is 0. The number of benzene rings is 1. The molecule has 28 heavy (non-hydrogen) atoms. The van der Waals surface area contributed by atoms with Crippen LogP contribution in [0.1, 0.15) is 89.5 Å². The summed E-state index contributed by atoms with van der Waals surface area (Å²) in [6, 6.07) is 7.75. The van der Waals surface area contributed by atoms with E-state index >= 15 is 0 Å². The minimum Gasteiger partial charge on any atom is -0.0843 e. The third kappa shape index (κ3) is 7.00. The second-order valence-electron chi connectivity index (χ2n) is 9.09. The number of hydrogen-bond donors (Lipinski definition) is 0. The highest BCUT2D eigenvalue weighted by atomic mass is 35.5. The van der Waals surface area contributed by atoms with Crippen LogP contribution in [-0.2, 0) is 0 Å². The lowest BCUT2D eigenvalue weighted by molar-refractivity contribution is 0.151. The highest BCUT2D eigenvalue weighted by Gasteiger charge is 2.30. The molecule has 0 aromatic heterocycles. The topological polar surface area (TPSA) is 0 Å². The highest BCUT2D eigenvalue weighted by Crippen LogP contribution is 2.42. The molecule has 0 radical (unpaired) electrons. The molecule has 152 valence electrons. The molecule has 0 saturated heterocycles. The fourth-order valence-corrected chi connectivity index (χ4v) is 5.41. The van der Waals surface area contributed by atoms with Gasteiger partial charge >= 0.3 is 0 Å². The molecule has 1 aromatic carbocycles. The summed E-state index contributed by atoms with van der Waals surface area (Å²) in [5, 5.41) is 0.767. The predicted octanol–water partition coefficient (Wildman–Crippen LogP) is 8.44. The number of rotatable bonds is 6. The minimum absolute atomic E-state index is 0.737. The number of halogens is 1. The first kappa shape index (κ1) is 21.5. The molecule has 0 unspecified atom stereocenters. The SMILES string of the molecule is CCCCCC1CCC(C2CCC(/C=C/C#Cc3ccc(Cl)cc3)CC2)CC1. The number of unbranched alkanes of at least 4 members (excludes halogenated alkanes) is 2. The summed E-state index contributed by atoms with van der Waals surface area (Å²) >= 11 is 5.91. The molecule has 2 fully saturated rings. The van der Waals surface area contributed by atoms with Crippen LogP contribution >= 0.6 is 11.6 Å². The Morgan fingerprint density at radius 3 is 2.18 bits per heavy atom. The van der Waals surface area contributed by atoms with Gasteiger partial charge in [-0.05, 0) is 92.5 Å². The fourth-order valence-electron chi connectivity index (χ4n) is 5.28. The normalized spacial score (nSPS) is 28.1. The van der Waals surface area contributed by atoms with Crippen LogP contribution in [0.3, 0.4) is 0 Å². The Morgan fingerprint density at radius 1 is 0.893 bits per heavy atom. The summed E-state index contributed by atoms with van der Waals surface area (Å²) in [6.45, 7) is 2.31. The molecule has 1 aromatic rings. The quantitative estimate of drug-likeness (QED) is 0.334. The highest BCUT2D eigenvalue weighted by molar-refractivity contribution is 6.30. The zero-order chi connectivity index (χ0) is 19.6. The number of allylic oxidation sites excluding steroid dienone is 2. The zero-order valence-electron chi connectivity index (χ0n) is 17.6. The molecule has 0 aliphatic heterocycles. The molecule has 1 heteroatoms. The van der Waals surface area contributed by atoms with Crippen LogP contribution in [0.2, 0.25) is 5.02 Å². The standard InChI is InChI=1S/C27H37Cl/c1-2-3-4-7-22-10-16-25(17-11-22)26-18-12-23(13-19-26)8-5-6-9-24-14-20-27(28)21-15-24/h5,8,14-15,20-23,25-26H,2-4,7,10-13,16-19H2,1H3/b8-5+. The Kier molecular flexibility index (Phi) is 9.01. The molecule has 2 aliphatic rings. The molecule has 3 rings (SSSR count). The van der Waals surface area contributed by atoms with Gasteiger partial charge in [0.1, 0.15) is 0 Å². The van der Waals surface area contributed by atoms with Gasteiger partial charge in [-0.25, -0.2) is 0 Å². The summed E-state index contributed by atoms with van der Waals surface area (Å²) in [4.78, 5) is 0. The zero-order valence-corrected chi connectivity index (χ0v) is 18.4. The molecule has 0 atom stereocenters. The van der Waals surface area contributed by atoms with Crippen LogP contribution in [0.5, 0.6) is 0 Å². The molecular weight excluding hydrogens is 360 g/mol. The maximum absolute atomic E-state index is 5.91. The lowest BCUT2D eigenvalue weighted by Gasteiger charge is -2.37. The van der Waals surface area contributed by atoms with Crippen molar-refractivity contribution < 1.29 is 0 Å². The lowest BCUT2D eigenvalue weighted by Crippen LogP contribution is -2.25. The Morgan fingerprint density at radius 2 is 1.54 bits per heavy atom. The first-order valence-electron chi connectivity index (χ1n) is 11.7. The summed E-state index contributed by atoms with van der Waals surface area (Å²) in [7, 11) is 0. The summed E-state index contributed by atoms with van der Waals surface area (Å²) in [6.07, 6.45) is 21.8. The van der Waals surface area contributed by atoms with Crippen LogP contribution in [-0.4, -0.2) is 0 Å². The average molecular weight is 397 g/mol. The van der Waals surface area contributed by atoms with Gasteiger partial charge in [-0.3, -0.25) is 0 Å². The Bertz CT molecular complexity index is 644. The van der Waals surface area contributed by atoms with Gasteiger partial charge in [-0.15, -0.1) is 0 Å². The molecule has 0 heterocycles. The third-order valence-corrected chi connectivity index (χ3v) is 7.35. The van der Waals surface area contributed by atoms with Gasteiger partial charge in [-0.2, -0.15) is 0 Å². The van der Waals surface area contributed by atoms with E-state index in [9.17, 15) is 0 Å². The van der Waals surface area contributed by atoms with E-state index < -0.39 is 0 Å². The number of hydrogen-bond acceptors (Lipinski definition) is 0. The molecule has 0 spiro atoms. The first-order valence-corrected chi connectivity index (χ1v) is 12.1. The van der Waals surface area contributed by atoms with Gasteiger partial charge in [0, 0.05) is 10.6 Å². The molecule has 0 bridgehead atoms. The van der Waals surface area contributed by atoms with Gasteiger partial charge < -0.3 is 0 Å². The van der Waals surface area contributed by atoms with Gasteiger partial charge in [0.15, 0.2) is 0 Å². The molecule has 0 N–H and O–H groups in total. The molecular formula is C27H37Cl. The maximum atomic E-state index is 5.91. The van der Waals surface area contributed by atoms with Crippen molar-refractivity contribution in [1.29, 1.82) is 0 Å². The predicted molar refractivity (Wildman–Crippen MR) is 123 cm³/mol. The smallest absolute Gasteiger partial charge is 0.0406 e. The minimum atomic E-state index is 0.737. The van der Waals surface area contributed by atoms with E-state index in [1.165, 1.54) is 77.0 Å². The second kappa shape index (κ2) is 11.7. The van der Waals surface area contributed by atoms with Crippen LogP contribution in [0.15, 0.2) is 36.4 Å². The Balaban J connectivity index is 1.35. The summed E-state index contributed by atoms with van der Waals surface area (Å²) in [5.74, 6) is 10.2. The van der Waals surface area contributed by atoms with E-state index in [1.54, 1.807) is 0 Å². The van der Waals surface area contributed by atoms with Gasteiger partial charge in [-0.1, -0.05) is 75.0 Å². The monoisotopic (exact) mass is 396 g/mol. The molecule has 2 saturated carbocycles. The van der Waals surface area contributed by atoms with E-state index in [-0.39, 0.29) is 0 Å². The fraction of sp³-hybridized carbons (Fsp3) is 0.630. The van der Waals surface area contributed by atoms with E-state index in [2.05, 4.69) is 30.9 Å². The van der Waals surface area contributed by atoms with Crippen molar-refractivity contribution in [3.8, 4) is 11.8 Å². The van der Waals surface area contributed by atoms with Crippen molar-refractivity contribution in [2.45, 2.75) is 84.0 Å². The van der Waals surface area contributed by atoms with Crippen molar-refractivity contribution in [1.82, 2.24) is 0 Å². The van der Waals surface area contributed by atoms with E-state index in [0.717, 1.165) is 34.3 Å². The Hall–Kier alpha value is -1.19. The molecule has 2 aliphatic carbocycles. The van der Waals surface area contributed by atoms with Crippen molar-refractivity contribution >= 4 is 11.6 Å². The van der Waals surface area contributed by atoms with Crippen molar-refractivity contribution in [3.05, 3.63) is 47.0 Å². The molecule has 0 nitrogen and oxygen atoms in total. The average Bonchev–Trinajstić information content (AvgIpc) is 2.74. The van der Waals surface area contributed by atoms with Crippen LogP contribution in [0, 0.1) is 35.5 Å².